The minimum absolute atomic E-state index is 0.00808. The zero-order valence-corrected chi connectivity index (χ0v) is 12.9. The van der Waals surface area contributed by atoms with Gasteiger partial charge >= 0.3 is 12.3 Å². The molecule has 0 aliphatic heterocycles. The summed E-state index contributed by atoms with van der Waals surface area (Å²) in [4.78, 5) is 19.6. The molecule has 25 heavy (non-hydrogen) atoms. The Morgan fingerprint density at radius 3 is 2.52 bits per heavy atom. The van der Waals surface area contributed by atoms with Crippen LogP contribution >= 0.6 is 0 Å². The number of ether oxygens (including phenoxy) is 1. The van der Waals surface area contributed by atoms with Crippen LogP contribution in [0.15, 0.2) is 36.5 Å². The van der Waals surface area contributed by atoms with Gasteiger partial charge in [-0.2, -0.15) is 0 Å². The molecule has 0 atom stereocenters. The zero-order chi connectivity index (χ0) is 18.2. The predicted molar refractivity (Wildman–Crippen MR) is 82.3 cm³/mol. The first-order valence-corrected chi connectivity index (χ1v) is 7.24. The summed E-state index contributed by atoms with van der Waals surface area (Å²) in [6.07, 6.45) is -3.52. The molecule has 3 rings (SSSR count). The lowest BCUT2D eigenvalue weighted by Crippen LogP contribution is -2.16. The fourth-order valence-corrected chi connectivity index (χ4v) is 2.45. The van der Waals surface area contributed by atoms with Gasteiger partial charge in [0.05, 0.1) is 5.56 Å². The van der Waals surface area contributed by atoms with E-state index in [1.54, 1.807) is 4.57 Å². The molecule has 0 spiro atoms. The Morgan fingerprint density at radius 1 is 1.28 bits per heavy atom. The summed E-state index contributed by atoms with van der Waals surface area (Å²) in [6.45, 7) is 2.37. The van der Waals surface area contributed by atoms with Gasteiger partial charge in [-0.1, -0.05) is 0 Å². The Labute approximate surface area is 139 Å². The van der Waals surface area contributed by atoms with Gasteiger partial charge in [0.15, 0.2) is 5.65 Å². The summed E-state index contributed by atoms with van der Waals surface area (Å²) in [6, 6.07) is 6.69. The predicted octanol–water partition coefficient (Wildman–Crippen LogP) is 3.72. The molecule has 0 fully saturated rings. The molecule has 0 saturated carbocycles. The van der Waals surface area contributed by atoms with Crippen LogP contribution in [-0.2, 0) is 6.54 Å². The quantitative estimate of drug-likeness (QED) is 0.775. The summed E-state index contributed by atoms with van der Waals surface area (Å²) in [5.74, 6) is -0.969. The van der Waals surface area contributed by atoms with Gasteiger partial charge in [-0.05, 0) is 37.3 Å². The molecule has 9 heteroatoms. The molecule has 0 aliphatic rings. The lowest BCUT2D eigenvalue weighted by atomic mass is 10.2. The van der Waals surface area contributed by atoms with Crippen molar-refractivity contribution in [2.45, 2.75) is 19.8 Å². The number of alkyl halides is 3. The highest BCUT2D eigenvalue weighted by Crippen LogP contribution is 2.28. The smallest absolute Gasteiger partial charge is 0.478 e. The number of aromatic nitrogens is 3. The van der Waals surface area contributed by atoms with Crippen molar-refractivity contribution in [3.63, 3.8) is 0 Å². The second-order valence-electron chi connectivity index (χ2n) is 5.12. The molecule has 2 heterocycles. The van der Waals surface area contributed by atoms with Crippen molar-refractivity contribution in [2.24, 2.45) is 0 Å². The van der Waals surface area contributed by atoms with Crippen molar-refractivity contribution in [2.75, 3.05) is 0 Å². The lowest BCUT2D eigenvalue weighted by Gasteiger charge is -2.09. The summed E-state index contributed by atoms with van der Waals surface area (Å²) in [5.41, 5.74) is 1.46. The van der Waals surface area contributed by atoms with Gasteiger partial charge in [-0.25, -0.2) is 14.8 Å². The number of rotatable bonds is 4. The Morgan fingerprint density at radius 2 is 1.96 bits per heavy atom. The van der Waals surface area contributed by atoms with E-state index in [9.17, 15) is 18.0 Å². The number of hydrogen-bond donors (Lipinski definition) is 1. The first-order valence-electron chi connectivity index (χ1n) is 7.24. The topological polar surface area (TPSA) is 77.2 Å². The van der Waals surface area contributed by atoms with Gasteiger partial charge in [-0.15, -0.1) is 13.2 Å². The van der Waals surface area contributed by atoms with Crippen LogP contribution in [0.3, 0.4) is 0 Å². The number of imidazole rings is 1. The third-order valence-electron chi connectivity index (χ3n) is 3.49. The highest BCUT2D eigenvalue weighted by atomic mass is 19.4. The van der Waals surface area contributed by atoms with Crippen molar-refractivity contribution in [3.8, 4) is 17.1 Å². The molecule has 0 bridgehead atoms. The van der Waals surface area contributed by atoms with Crippen molar-refractivity contribution in [3.05, 3.63) is 42.1 Å². The summed E-state index contributed by atoms with van der Waals surface area (Å²) in [5, 5.41) is 9.04. The standard InChI is InChI=1S/C16H12F3N3O3/c1-2-22-13(9-3-5-11(6-4-9)25-16(17,18)19)21-12-7-10(15(23)24)8-20-14(12)22/h3-8H,2H2,1H3,(H,23,24). The van der Waals surface area contributed by atoms with E-state index in [4.69, 9.17) is 5.11 Å². The van der Waals surface area contributed by atoms with Crippen LogP contribution < -0.4 is 4.74 Å². The van der Waals surface area contributed by atoms with E-state index in [0.29, 0.717) is 29.1 Å². The van der Waals surface area contributed by atoms with Crippen LogP contribution in [0.25, 0.3) is 22.6 Å². The summed E-state index contributed by atoms with van der Waals surface area (Å²) >= 11 is 0. The number of carbonyl (C=O) groups is 1. The molecule has 1 N–H and O–H groups in total. The van der Waals surface area contributed by atoms with Gasteiger partial charge in [0.25, 0.3) is 0 Å². The van der Waals surface area contributed by atoms with Crippen LogP contribution in [-0.4, -0.2) is 32.0 Å². The normalized spacial score (nSPS) is 11.7. The highest BCUT2D eigenvalue weighted by Gasteiger charge is 2.31. The van der Waals surface area contributed by atoms with Crippen molar-refractivity contribution < 1.29 is 27.8 Å². The van der Waals surface area contributed by atoms with Crippen LogP contribution in [0.2, 0.25) is 0 Å². The summed E-state index contributed by atoms with van der Waals surface area (Å²) in [7, 11) is 0. The molecule has 0 aliphatic carbocycles. The minimum atomic E-state index is -4.75. The number of halogens is 3. The molecule has 0 amide bonds. The molecule has 0 saturated heterocycles. The molecule has 2 aromatic heterocycles. The third-order valence-corrected chi connectivity index (χ3v) is 3.49. The number of carboxylic acids is 1. The van der Waals surface area contributed by atoms with Crippen LogP contribution in [0, 0.1) is 0 Å². The van der Waals surface area contributed by atoms with E-state index in [2.05, 4.69) is 14.7 Å². The van der Waals surface area contributed by atoms with Crippen LogP contribution in [0.5, 0.6) is 5.75 Å². The zero-order valence-electron chi connectivity index (χ0n) is 12.9. The van der Waals surface area contributed by atoms with E-state index in [1.165, 1.54) is 36.5 Å². The van der Waals surface area contributed by atoms with Crippen LogP contribution in [0.1, 0.15) is 17.3 Å². The number of carboxylic acid groups (broad SMARTS) is 1. The molecular weight excluding hydrogens is 339 g/mol. The van der Waals surface area contributed by atoms with Crippen LogP contribution in [0.4, 0.5) is 13.2 Å². The first-order chi connectivity index (χ1) is 11.8. The number of nitrogens with zero attached hydrogens (tertiary/aromatic N) is 3. The number of aryl methyl sites for hydroxylation is 1. The van der Waals surface area contributed by atoms with Gasteiger partial charge < -0.3 is 14.4 Å². The van der Waals surface area contributed by atoms with E-state index < -0.39 is 12.3 Å². The number of pyridine rings is 1. The maximum Gasteiger partial charge on any atom is 0.573 e. The number of benzene rings is 1. The maximum atomic E-state index is 12.2. The Kier molecular flexibility index (Phi) is 4.07. The second kappa shape index (κ2) is 6.08. The molecule has 0 unspecified atom stereocenters. The molecule has 1 aromatic carbocycles. The van der Waals surface area contributed by atoms with E-state index >= 15 is 0 Å². The summed E-state index contributed by atoms with van der Waals surface area (Å²) < 4.78 is 42.3. The fourth-order valence-electron chi connectivity index (χ4n) is 2.45. The molecule has 0 radical (unpaired) electrons. The second-order valence-corrected chi connectivity index (χ2v) is 5.12. The molecule has 6 nitrogen and oxygen atoms in total. The third kappa shape index (κ3) is 3.39. The van der Waals surface area contributed by atoms with Gasteiger partial charge in [-0.3, -0.25) is 0 Å². The molecule has 3 aromatic rings. The fraction of sp³-hybridized carbons (Fsp3) is 0.188. The number of fused-ring (bicyclic) bond motifs is 1. The number of aromatic carboxylic acids is 1. The molecular formula is C16H12F3N3O3. The SMILES string of the molecule is CCn1c(-c2ccc(OC(F)(F)F)cc2)nc2cc(C(=O)O)cnc21. The van der Waals surface area contributed by atoms with E-state index in [0.717, 1.165) is 0 Å². The monoisotopic (exact) mass is 351 g/mol. The van der Waals surface area contributed by atoms with E-state index in [-0.39, 0.29) is 11.3 Å². The average molecular weight is 351 g/mol. The molecule has 130 valence electrons. The minimum Gasteiger partial charge on any atom is -0.478 e. The average Bonchev–Trinajstić information content (AvgIpc) is 2.91. The van der Waals surface area contributed by atoms with E-state index in [1.807, 2.05) is 6.92 Å². The largest absolute Gasteiger partial charge is 0.573 e. The van der Waals surface area contributed by atoms with Gasteiger partial charge in [0, 0.05) is 18.3 Å². The first kappa shape index (κ1) is 16.7. The Hall–Kier alpha value is -3.10. The maximum absolute atomic E-state index is 12.2. The van der Waals surface area contributed by atoms with Gasteiger partial charge in [0.2, 0.25) is 0 Å². The van der Waals surface area contributed by atoms with Crippen molar-refractivity contribution in [1.82, 2.24) is 14.5 Å². The Bertz CT molecular complexity index is 933. The van der Waals surface area contributed by atoms with Crippen molar-refractivity contribution in [1.29, 1.82) is 0 Å². The lowest BCUT2D eigenvalue weighted by molar-refractivity contribution is -0.274. The number of hydrogen-bond acceptors (Lipinski definition) is 4. The van der Waals surface area contributed by atoms with Gasteiger partial charge in [0.1, 0.15) is 17.1 Å². The van der Waals surface area contributed by atoms with Crippen molar-refractivity contribution >= 4 is 17.1 Å². The highest BCUT2D eigenvalue weighted by molar-refractivity contribution is 5.91. The Balaban J connectivity index is 2.04.